The Kier molecular flexibility index (Phi) is 2.93. The van der Waals surface area contributed by atoms with Crippen molar-refractivity contribution in [3.05, 3.63) is 30.3 Å². The van der Waals surface area contributed by atoms with Crippen molar-refractivity contribution in [3.63, 3.8) is 0 Å². The van der Waals surface area contributed by atoms with Crippen LogP contribution < -0.4 is 4.90 Å². The number of nitrogens with zero attached hydrogens (tertiary/aromatic N) is 2. The van der Waals surface area contributed by atoms with Crippen LogP contribution >= 0.6 is 0 Å². The lowest BCUT2D eigenvalue weighted by molar-refractivity contribution is 0.401. The fraction of sp³-hybridized carbons (Fsp3) is 0.533. The zero-order valence-corrected chi connectivity index (χ0v) is 13.1. The third-order valence-electron chi connectivity index (χ3n) is 4.46. The molecular weight excluding hydrogens is 250 g/mol. The van der Waals surface area contributed by atoms with Gasteiger partial charge in [0, 0.05) is 23.9 Å². The second-order valence-corrected chi connectivity index (χ2v) is 12.2. The van der Waals surface area contributed by atoms with Gasteiger partial charge in [-0.1, -0.05) is 37.8 Å². The van der Waals surface area contributed by atoms with Crippen LogP contribution in [0.25, 0.3) is 0 Å². The Bertz CT molecular complexity index is 480. The Hall–Kier alpha value is -1.29. The van der Waals surface area contributed by atoms with Gasteiger partial charge in [-0.15, -0.1) is 0 Å². The molecule has 0 bridgehead atoms. The summed E-state index contributed by atoms with van der Waals surface area (Å²) in [5.41, 5.74) is 1.80. The van der Waals surface area contributed by atoms with Crippen LogP contribution in [-0.4, -0.2) is 37.2 Å². The molecule has 2 fully saturated rings. The number of rotatable bonds is 2. The average molecular weight is 273 g/mol. The highest BCUT2D eigenvalue weighted by Crippen LogP contribution is 2.37. The summed E-state index contributed by atoms with van der Waals surface area (Å²) >= 11 is 0. The smallest absolute Gasteiger partial charge is 0.198 e. The number of hydrogen-bond donors (Lipinski definition) is 1. The van der Waals surface area contributed by atoms with Gasteiger partial charge in [-0.3, -0.25) is 5.41 Å². The largest absolute Gasteiger partial charge is 0.338 e. The molecule has 0 aliphatic carbocycles. The number of nitrogens with one attached hydrogen (secondary N) is 1. The molecule has 1 N–H and O–H groups in total. The number of guanidine groups is 1. The molecule has 2 unspecified atom stereocenters. The Balaban J connectivity index is 1.87. The first-order valence-electron chi connectivity index (χ1n) is 7.18. The lowest BCUT2D eigenvalue weighted by Crippen LogP contribution is -2.51. The van der Waals surface area contributed by atoms with Gasteiger partial charge in [0.1, 0.15) is 0 Å². The first-order chi connectivity index (χ1) is 8.98. The van der Waals surface area contributed by atoms with E-state index in [9.17, 15) is 0 Å². The maximum absolute atomic E-state index is 8.56. The predicted molar refractivity (Wildman–Crippen MR) is 83.5 cm³/mol. The summed E-state index contributed by atoms with van der Waals surface area (Å²) in [5, 5.41) is 8.56. The van der Waals surface area contributed by atoms with Crippen molar-refractivity contribution in [1.82, 2.24) is 4.90 Å². The van der Waals surface area contributed by atoms with Crippen LogP contribution in [0.3, 0.4) is 0 Å². The third kappa shape index (κ3) is 2.08. The molecule has 0 spiro atoms. The summed E-state index contributed by atoms with van der Waals surface area (Å²) in [6, 6.07) is 10.9. The van der Waals surface area contributed by atoms with Crippen LogP contribution in [0.15, 0.2) is 30.3 Å². The van der Waals surface area contributed by atoms with Gasteiger partial charge < -0.3 is 9.80 Å². The number of fused-ring (bicyclic) bond motifs is 1. The Morgan fingerprint density at radius 2 is 1.79 bits per heavy atom. The minimum Gasteiger partial charge on any atom is -0.338 e. The second-order valence-electron chi connectivity index (χ2n) is 6.79. The SMILES string of the molecule is C[Si](C)(C)C1CCC2CN(c3ccccc3)C(=N)N21. The molecule has 0 radical (unpaired) electrons. The maximum atomic E-state index is 8.56. The van der Waals surface area contributed by atoms with Crippen molar-refractivity contribution < 1.29 is 0 Å². The van der Waals surface area contributed by atoms with Crippen LogP contribution in [0, 0.1) is 5.41 Å². The van der Waals surface area contributed by atoms with E-state index in [1.54, 1.807) is 0 Å². The van der Waals surface area contributed by atoms with Gasteiger partial charge in [0.05, 0.1) is 8.07 Å². The van der Waals surface area contributed by atoms with Crippen molar-refractivity contribution in [1.29, 1.82) is 5.41 Å². The molecule has 2 aliphatic rings. The first-order valence-corrected chi connectivity index (χ1v) is 10.8. The van der Waals surface area contributed by atoms with Gasteiger partial charge in [0.15, 0.2) is 5.96 Å². The summed E-state index contributed by atoms with van der Waals surface area (Å²) in [6.45, 7) is 8.28. The van der Waals surface area contributed by atoms with Crippen LogP contribution in [0.5, 0.6) is 0 Å². The quantitative estimate of drug-likeness (QED) is 0.839. The van der Waals surface area contributed by atoms with Crippen LogP contribution in [0.2, 0.25) is 19.6 Å². The van der Waals surface area contributed by atoms with E-state index in [1.807, 2.05) is 6.07 Å². The summed E-state index contributed by atoms with van der Waals surface area (Å²) in [5.74, 6) is 0.723. The lowest BCUT2D eigenvalue weighted by Gasteiger charge is -2.35. The minimum atomic E-state index is -1.22. The fourth-order valence-electron chi connectivity index (χ4n) is 3.51. The lowest BCUT2D eigenvalue weighted by atomic mass is 10.2. The molecule has 4 heteroatoms. The topological polar surface area (TPSA) is 30.3 Å². The molecule has 1 aromatic rings. The standard InChI is InChI=1S/C15H23N3Si/c1-19(2,3)14-10-9-13-11-17(15(16)18(13)14)12-7-5-4-6-8-12/h4-8,13-14,16H,9-11H2,1-3H3. The highest BCUT2D eigenvalue weighted by Gasteiger charge is 2.47. The summed E-state index contributed by atoms with van der Waals surface area (Å²) in [7, 11) is -1.22. The van der Waals surface area contributed by atoms with Crippen molar-refractivity contribution in [2.45, 2.75) is 44.2 Å². The molecular formula is C15H23N3Si. The maximum Gasteiger partial charge on any atom is 0.198 e. The fourth-order valence-corrected chi connectivity index (χ4v) is 5.71. The highest BCUT2D eigenvalue weighted by molar-refractivity contribution is 6.77. The molecule has 2 atom stereocenters. The molecule has 0 saturated carbocycles. The molecule has 3 rings (SSSR count). The van der Waals surface area contributed by atoms with E-state index in [0.29, 0.717) is 11.7 Å². The van der Waals surface area contributed by atoms with Gasteiger partial charge in [0.2, 0.25) is 0 Å². The van der Waals surface area contributed by atoms with Gasteiger partial charge >= 0.3 is 0 Å². The molecule has 0 amide bonds. The zero-order valence-electron chi connectivity index (χ0n) is 12.1. The van der Waals surface area contributed by atoms with Crippen LogP contribution in [0.4, 0.5) is 5.69 Å². The molecule has 102 valence electrons. The highest BCUT2D eigenvalue weighted by atomic mass is 28.3. The van der Waals surface area contributed by atoms with Gasteiger partial charge in [-0.2, -0.15) is 0 Å². The molecule has 3 nitrogen and oxygen atoms in total. The van der Waals surface area contributed by atoms with E-state index >= 15 is 0 Å². The third-order valence-corrected chi connectivity index (χ3v) is 7.03. The van der Waals surface area contributed by atoms with Crippen molar-refractivity contribution in [2.75, 3.05) is 11.4 Å². The van der Waals surface area contributed by atoms with Crippen LogP contribution in [-0.2, 0) is 0 Å². The van der Waals surface area contributed by atoms with Crippen molar-refractivity contribution >= 4 is 19.7 Å². The normalized spacial score (nSPS) is 27.0. The molecule has 0 aromatic heterocycles. The Labute approximate surface area is 116 Å². The van der Waals surface area contributed by atoms with E-state index in [-0.39, 0.29) is 0 Å². The van der Waals surface area contributed by atoms with E-state index in [0.717, 1.165) is 18.2 Å². The Morgan fingerprint density at radius 3 is 2.42 bits per heavy atom. The monoisotopic (exact) mass is 273 g/mol. The van der Waals surface area contributed by atoms with Gasteiger partial charge in [-0.05, 0) is 25.0 Å². The first kappa shape index (κ1) is 12.7. The van der Waals surface area contributed by atoms with Gasteiger partial charge in [0.25, 0.3) is 0 Å². The zero-order chi connectivity index (χ0) is 13.6. The predicted octanol–water partition coefficient (Wildman–Crippen LogP) is 3.15. The number of anilines is 1. The van der Waals surface area contributed by atoms with Gasteiger partial charge in [-0.25, -0.2) is 0 Å². The van der Waals surface area contributed by atoms with Crippen molar-refractivity contribution in [2.24, 2.45) is 0 Å². The number of hydrogen-bond acceptors (Lipinski definition) is 1. The molecule has 19 heavy (non-hydrogen) atoms. The van der Waals surface area contributed by atoms with E-state index < -0.39 is 8.07 Å². The molecule has 2 saturated heterocycles. The molecule has 2 aliphatic heterocycles. The summed E-state index contributed by atoms with van der Waals surface area (Å²) in [4.78, 5) is 4.59. The Morgan fingerprint density at radius 1 is 1.11 bits per heavy atom. The van der Waals surface area contributed by atoms with E-state index in [4.69, 9.17) is 5.41 Å². The summed E-state index contributed by atoms with van der Waals surface area (Å²) < 4.78 is 0. The second kappa shape index (κ2) is 4.37. The van der Waals surface area contributed by atoms with E-state index in [2.05, 4.69) is 53.7 Å². The molecule has 1 aromatic carbocycles. The number of benzene rings is 1. The number of para-hydroxylation sites is 1. The van der Waals surface area contributed by atoms with E-state index in [1.165, 1.54) is 12.8 Å². The average Bonchev–Trinajstić information content (AvgIpc) is 2.91. The van der Waals surface area contributed by atoms with Crippen LogP contribution in [0.1, 0.15) is 12.8 Å². The molecule has 2 heterocycles. The van der Waals surface area contributed by atoms with Crippen molar-refractivity contribution in [3.8, 4) is 0 Å². The minimum absolute atomic E-state index is 0.560. The summed E-state index contributed by atoms with van der Waals surface area (Å²) in [6.07, 6.45) is 2.53.